The minimum Gasteiger partial charge on any atom is -0.462 e. The van der Waals surface area contributed by atoms with E-state index in [1.165, 1.54) is 26.2 Å². The summed E-state index contributed by atoms with van der Waals surface area (Å²) in [4.78, 5) is 21.9. The lowest BCUT2D eigenvalue weighted by Crippen LogP contribution is -2.24. The van der Waals surface area contributed by atoms with Gasteiger partial charge in [-0.25, -0.2) is 0 Å². The molecule has 0 heterocycles. The molecular weight excluding hydrogens is 180 g/mol. The zero-order valence-corrected chi connectivity index (χ0v) is 8.49. The van der Waals surface area contributed by atoms with Crippen LogP contribution in [0.15, 0.2) is 0 Å². The fourth-order valence-electron chi connectivity index (χ4n) is 2.74. The number of hydrogen-bond donors (Lipinski definition) is 0. The average molecular weight is 196 g/mol. The number of rotatable bonds is 3. The second kappa shape index (κ2) is 3.71. The summed E-state index contributed by atoms with van der Waals surface area (Å²) in [6.45, 7) is 1.42. The second-order valence-electron chi connectivity index (χ2n) is 4.58. The smallest absolute Gasteiger partial charge is 0.313 e. The third kappa shape index (κ3) is 1.97. The lowest BCUT2D eigenvalue weighted by atomic mass is 9.98. The summed E-state index contributed by atoms with van der Waals surface area (Å²) in [5.41, 5.74) is 0. The van der Waals surface area contributed by atoms with E-state index in [9.17, 15) is 9.59 Å². The first kappa shape index (κ1) is 9.69. The predicted octanol–water partition coefficient (Wildman–Crippen LogP) is 1.70. The molecule has 2 fully saturated rings. The van der Waals surface area contributed by atoms with Crippen molar-refractivity contribution in [3.63, 3.8) is 0 Å². The Labute approximate surface area is 83.8 Å². The van der Waals surface area contributed by atoms with E-state index < -0.39 is 0 Å². The fourth-order valence-corrected chi connectivity index (χ4v) is 2.74. The van der Waals surface area contributed by atoms with Crippen LogP contribution in [-0.2, 0) is 14.3 Å². The quantitative estimate of drug-likeness (QED) is 0.509. The van der Waals surface area contributed by atoms with Gasteiger partial charge in [-0.2, -0.15) is 0 Å². The summed E-state index contributed by atoms with van der Waals surface area (Å²) in [7, 11) is 0. The first-order chi connectivity index (χ1) is 6.65. The van der Waals surface area contributed by atoms with Crippen molar-refractivity contribution in [1.82, 2.24) is 0 Å². The number of Topliss-reactive ketones (excluding diaryl/α,β-unsaturated/α-hetero) is 1. The Kier molecular flexibility index (Phi) is 2.57. The second-order valence-corrected chi connectivity index (χ2v) is 4.58. The first-order valence-corrected chi connectivity index (χ1v) is 5.34. The van der Waals surface area contributed by atoms with E-state index in [4.69, 9.17) is 4.74 Å². The van der Waals surface area contributed by atoms with Crippen molar-refractivity contribution in [3.8, 4) is 0 Å². The van der Waals surface area contributed by atoms with Crippen molar-refractivity contribution >= 4 is 11.8 Å². The molecule has 14 heavy (non-hydrogen) atoms. The van der Waals surface area contributed by atoms with Crippen LogP contribution in [0, 0.1) is 11.8 Å². The van der Waals surface area contributed by atoms with Crippen LogP contribution in [0.25, 0.3) is 0 Å². The van der Waals surface area contributed by atoms with Crippen LogP contribution in [-0.4, -0.2) is 17.9 Å². The van der Waals surface area contributed by atoms with E-state index >= 15 is 0 Å². The lowest BCUT2D eigenvalue weighted by molar-refractivity contribution is -0.152. The number of carbonyl (C=O) groups is 2. The number of ketones is 1. The zero-order chi connectivity index (χ0) is 10.1. The number of esters is 1. The maximum atomic E-state index is 11.2. The Morgan fingerprint density at radius 2 is 2.07 bits per heavy atom. The first-order valence-electron chi connectivity index (χ1n) is 5.34. The summed E-state index contributed by atoms with van der Waals surface area (Å²) in [6, 6.07) is 0. The Hall–Kier alpha value is -0.860. The van der Waals surface area contributed by atoms with Gasteiger partial charge >= 0.3 is 5.97 Å². The normalized spacial score (nSPS) is 34.5. The van der Waals surface area contributed by atoms with Gasteiger partial charge < -0.3 is 4.74 Å². The topological polar surface area (TPSA) is 43.4 Å². The highest BCUT2D eigenvalue weighted by Crippen LogP contribution is 2.45. The average Bonchev–Trinajstić information content (AvgIpc) is 2.62. The molecular formula is C11H16O3. The number of hydrogen-bond acceptors (Lipinski definition) is 3. The molecule has 2 rings (SSSR count). The van der Waals surface area contributed by atoms with Gasteiger partial charge in [0.1, 0.15) is 18.3 Å². The molecule has 0 aromatic heterocycles. The summed E-state index contributed by atoms with van der Waals surface area (Å²) in [6.07, 6.45) is 4.79. The molecule has 0 saturated heterocycles. The molecule has 0 unspecified atom stereocenters. The van der Waals surface area contributed by atoms with Gasteiger partial charge in [-0.05, 0) is 44.4 Å². The molecule has 78 valence electrons. The molecule has 0 radical (unpaired) electrons. The molecule has 2 aliphatic rings. The van der Waals surface area contributed by atoms with Crippen LogP contribution in [0.4, 0.5) is 0 Å². The largest absolute Gasteiger partial charge is 0.462 e. The van der Waals surface area contributed by atoms with Gasteiger partial charge in [0.2, 0.25) is 0 Å². The molecule has 0 aromatic rings. The monoisotopic (exact) mass is 196 g/mol. The highest BCUT2D eigenvalue weighted by Gasteiger charge is 2.41. The summed E-state index contributed by atoms with van der Waals surface area (Å²) in [5.74, 6) is 0.902. The van der Waals surface area contributed by atoms with Crippen molar-refractivity contribution in [2.45, 2.75) is 45.1 Å². The van der Waals surface area contributed by atoms with Gasteiger partial charge in [-0.15, -0.1) is 0 Å². The number of fused-ring (bicyclic) bond motifs is 2. The lowest BCUT2D eigenvalue weighted by Gasteiger charge is -2.21. The van der Waals surface area contributed by atoms with Crippen LogP contribution in [0.1, 0.15) is 39.0 Å². The molecule has 0 N–H and O–H groups in total. The fraction of sp³-hybridized carbons (Fsp3) is 0.818. The van der Waals surface area contributed by atoms with Gasteiger partial charge in [0, 0.05) is 0 Å². The maximum absolute atomic E-state index is 11.2. The molecule has 0 aliphatic heterocycles. The SMILES string of the molecule is CC(=O)CC(=O)O[C@@H]1C[C@H]2CC[C@@H]1C2. The Morgan fingerprint density at radius 3 is 2.57 bits per heavy atom. The third-order valence-electron chi connectivity index (χ3n) is 3.35. The van der Waals surface area contributed by atoms with Gasteiger partial charge in [-0.1, -0.05) is 0 Å². The van der Waals surface area contributed by atoms with Crippen molar-refractivity contribution < 1.29 is 14.3 Å². The standard InChI is InChI=1S/C11H16O3/c1-7(12)4-11(13)14-10-6-8-2-3-9(10)5-8/h8-10H,2-6H2,1H3/t8-,9+,10+/m0/s1. The van der Waals surface area contributed by atoms with Crippen LogP contribution in [0.2, 0.25) is 0 Å². The zero-order valence-electron chi connectivity index (χ0n) is 8.49. The van der Waals surface area contributed by atoms with Gasteiger partial charge in [0.25, 0.3) is 0 Å². The van der Waals surface area contributed by atoms with Crippen molar-refractivity contribution in [1.29, 1.82) is 0 Å². The molecule has 2 saturated carbocycles. The van der Waals surface area contributed by atoms with E-state index in [-0.39, 0.29) is 24.3 Å². The highest BCUT2D eigenvalue weighted by molar-refractivity contribution is 5.94. The van der Waals surface area contributed by atoms with Crippen LogP contribution in [0.3, 0.4) is 0 Å². The van der Waals surface area contributed by atoms with E-state index in [0.29, 0.717) is 5.92 Å². The van der Waals surface area contributed by atoms with Crippen LogP contribution < -0.4 is 0 Å². The van der Waals surface area contributed by atoms with E-state index in [2.05, 4.69) is 0 Å². The number of carbonyl (C=O) groups excluding carboxylic acids is 2. The summed E-state index contributed by atoms with van der Waals surface area (Å²) in [5, 5.41) is 0. The predicted molar refractivity (Wildman–Crippen MR) is 50.6 cm³/mol. The molecule has 0 amide bonds. The Bertz CT molecular complexity index is 259. The summed E-state index contributed by atoms with van der Waals surface area (Å²) >= 11 is 0. The molecule has 2 bridgehead atoms. The van der Waals surface area contributed by atoms with Crippen LogP contribution in [0.5, 0.6) is 0 Å². The minimum absolute atomic E-state index is 0.0616. The highest BCUT2D eigenvalue weighted by atomic mass is 16.5. The van der Waals surface area contributed by atoms with E-state index in [0.717, 1.165) is 12.3 Å². The Morgan fingerprint density at radius 1 is 1.29 bits per heavy atom. The van der Waals surface area contributed by atoms with Crippen molar-refractivity contribution in [2.24, 2.45) is 11.8 Å². The molecule has 3 heteroatoms. The maximum Gasteiger partial charge on any atom is 0.313 e. The van der Waals surface area contributed by atoms with Gasteiger partial charge in [-0.3, -0.25) is 9.59 Å². The summed E-state index contributed by atoms with van der Waals surface area (Å²) < 4.78 is 5.30. The molecule has 0 spiro atoms. The van der Waals surface area contributed by atoms with Gasteiger partial charge in [0.15, 0.2) is 0 Å². The minimum atomic E-state index is -0.338. The van der Waals surface area contributed by atoms with Crippen molar-refractivity contribution in [3.05, 3.63) is 0 Å². The van der Waals surface area contributed by atoms with Crippen molar-refractivity contribution in [2.75, 3.05) is 0 Å². The van der Waals surface area contributed by atoms with E-state index in [1.54, 1.807) is 0 Å². The van der Waals surface area contributed by atoms with Crippen LogP contribution >= 0.6 is 0 Å². The molecule has 0 aromatic carbocycles. The number of ether oxygens (including phenoxy) is 1. The molecule has 3 nitrogen and oxygen atoms in total. The Balaban J connectivity index is 1.81. The molecule has 2 aliphatic carbocycles. The molecule has 3 atom stereocenters. The van der Waals surface area contributed by atoms with E-state index in [1.807, 2.05) is 0 Å². The van der Waals surface area contributed by atoms with Gasteiger partial charge in [0.05, 0.1) is 0 Å². The third-order valence-corrected chi connectivity index (χ3v) is 3.35.